The van der Waals surface area contributed by atoms with Crippen molar-refractivity contribution in [2.45, 2.75) is 31.7 Å². The topological polar surface area (TPSA) is 83.6 Å². The number of nitrogens with zero attached hydrogens (tertiary/aromatic N) is 1. The number of hydrogen-bond donors (Lipinski definition) is 2. The van der Waals surface area contributed by atoms with Gasteiger partial charge in [0.1, 0.15) is 6.04 Å². The fourth-order valence-corrected chi connectivity index (χ4v) is 3.20. The van der Waals surface area contributed by atoms with Gasteiger partial charge in [-0.1, -0.05) is 24.6 Å². The zero-order valence-corrected chi connectivity index (χ0v) is 11.2. The third-order valence-corrected chi connectivity index (χ3v) is 4.64. The number of hydrogen-bond acceptors (Lipinski definition) is 3. The highest BCUT2D eigenvalue weighted by Crippen LogP contribution is 2.45. The van der Waals surface area contributed by atoms with Gasteiger partial charge in [0.25, 0.3) is 0 Å². The van der Waals surface area contributed by atoms with Gasteiger partial charge in [-0.2, -0.15) is 0 Å². The van der Waals surface area contributed by atoms with Crippen LogP contribution in [0.15, 0.2) is 24.3 Å². The number of anilines is 1. The normalized spacial score (nSPS) is 23.1. The van der Waals surface area contributed by atoms with E-state index >= 15 is 0 Å². The number of amides is 1. The van der Waals surface area contributed by atoms with E-state index in [1.165, 1.54) is 4.90 Å². The van der Waals surface area contributed by atoms with Crippen LogP contribution in [0.2, 0.25) is 0 Å². The minimum atomic E-state index is -0.957. The lowest BCUT2D eigenvalue weighted by Crippen LogP contribution is -2.55. The van der Waals surface area contributed by atoms with Crippen LogP contribution in [0, 0.1) is 5.41 Å². The molecule has 5 nitrogen and oxygen atoms in total. The van der Waals surface area contributed by atoms with Crippen molar-refractivity contribution in [3.63, 3.8) is 0 Å². The van der Waals surface area contributed by atoms with Gasteiger partial charge in [-0.15, -0.1) is 0 Å². The number of rotatable bonds is 3. The minimum absolute atomic E-state index is 0.122. The van der Waals surface area contributed by atoms with E-state index in [9.17, 15) is 14.7 Å². The van der Waals surface area contributed by atoms with Gasteiger partial charge in [0, 0.05) is 18.7 Å². The fourth-order valence-electron chi connectivity index (χ4n) is 3.20. The maximum Gasteiger partial charge on any atom is 0.327 e. The molecule has 20 heavy (non-hydrogen) atoms. The number of fused-ring (bicyclic) bond motifs is 1. The van der Waals surface area contributed by atoms with Gasteiger partial charge in [0.05, 0.1) is 5.41 Å². The molecular weight excluding hydrogens is 256 g/mol. The number of carbonyl (C=O) groups is 2. The molecule has 0 saturated heterocycles. The summed E-state index contributed by atoms with van der Waals surface area (Å²) in [6, 6.07) is 6.60. The maximum atomic E-state index is 12.8. The predicted octanol–water partition coefficient (Wildman–Crippen LogP) is 1.16. The second kappa shape index (κ2) is 4.59. The van der Waals surface area contributed by atoms with Crippen LogP contribution in [0.3, 0.4) is 0 Å². The van der Waals surface area contributed by atoms with Gasteiger partial charge < -0.3 is 10.8 Å². The van der Waals surface area contributed by atoms with E-state index in [-0.39, 0.29) is 12.5 Å². The molecule has 1 aromatic carbocycles. The first-order valence-corrected chi connectivity index (χ1v) is 6.93. The van der Waals surface area contributed by atoms with Gasteiger partial charge in [0.2, 0.25) is 5.91 Å². The summed E-state index contributed by atoms with van der Waals surface area (Å²) >= 11 is 0. The van der Waals surface area contributed by atoms with E-state index in [1.807, 2.05) is 24.3 Å². The summed E-state index contributed by atoms with van der Waals surface area (Å²) in [6.45, 7) is 0.289. The number of benzene rings is 1. The van der Waals surface area contributed by atoms with Crippen molar-refractivity contribution in [2.75, 3.05) is 11.4 Å². The summed E-state index contributed by atoms with van der Waals surface area (Å²) in [5.74, 6) is -1.08. The highest BCUT2D eigenvalue weighted by Gasteiger charge is 2.50. The molecule has 1 amide bonds. The minimum Gasteiger partial charge on any atom is -0.480 e. The quantitative estimate of drug-likeness (QED) is 0.866. The first kappa shape index (κ1) is 13.1. The number of para-hydroxylation sites is 1. The van der Waals surface area contributed by atoms with E-state index in [1.54, 1.807) is 0 Å². The van der Waals surface area contributed by atoms with Crippen LogP contribution in [0.1, 0.15) is 24.8 Å². The monoisotopic (exact) mass is 274 g/mol. The zero-order valence-electron chi connectivity index (χ0n) is 11.2. The van der Waals surface area contributed by atoms with Crippen molar-refractivity contribution in [1.82, 2.24) is 0 Å². The fraction of sp³-hybridized carbons (Fsp3) is 0.467. The Morgan fingerprint density at radius 2 is 2.05 bits per heavy atom. The van der Waals surface area contributed by atoms with Crippen LogP contribution in [0.4, 0.5) is 5.69 Å². The molecule has 106 valence electrons. The highest BCUT2D eigenvalue weighted by molar-refractivity contribution is 6.05. The summed E-state index contributed by atoms with van der Waals surface area (Å²) < 4.78 is 0. The van der Waals surface area contributed by atoms with Gasteiger partial charge >= 0.3 is 5.97 Å². The van der Waals surface area contributed by atoms with Crippen LogP contribution in [-0.2, 0) is 16.0 Å². The summed E-state index contributed by atoms with van der Waals surface area (Å²) in [5.41, 5.74) is 6.88. The lowest BCUT2D eigenvalue weighted by molar-refractivity contribution is -0.142. The number of carbonyl (C=O) groups excluding carboxylic acids is 1. The number of carboxylic acid groups (broad SMARTS) is 1. The summed E-state index contributed by atoms with van der Waals surface area (Å²) in [4.78, 5) is 25.8. The van der Waals surface area contributed by atoms with E-state index in [0.717, 1.165) is 30.5 Å². The van der Waals surface area contributed by atoms with Crippen molar-refractivity contribution < 1.29 is 14.7 Å². The molecule has 3 N–H and O–H groups in total. The molecule has 1 aliphatic carbocycles. The van der Waals surface area contributed by atoms with Gasteiger partial charge in [-0.05, 0) is 24.5 Å². The van der Waals surface area contributed by atoms with Gasteiger partial charge in [0.15, 0.2) is 0 Å². The van der Waals surface area contributed by atoms with Crippen LogP contribution < -0.4 is 10.6 Å². The second-order valence-corrected chi connectivity index (χ2v) is 5.70. The number of nitrogens with two attached hydrogens (primary N) is 1. The predicted molar refractivity (Wildman–Crippen MR) is 74.4 cm³/mol. The molecule has 0 radical (unpaired) electrons. The largest absolute Gasteiger partial charge is 0.480 e. The molecule has 0 bridgehead atoms. The van der Waals surface area contributed by atoms with E-state index < -0.39 is 17.4 Å². The SMILES string of the molecule is NCC1(C(=O)N2c3ccccc3CC2C(=O)O)CCC1. The first-order valence-electron chi connectivity index (χ1n) is 6.93. The molecular formula is C15H18N2O3. The average molecular weight is 274 g/mol. The molecule has 2 aliphatic rings. The molecule has 3 rings (SSSR count). The summed E-state index contributed by atoms with van der Waals surface area (Å²) in [6.07, 6.45) is 2.87. The van der Waals surface area contributed by atoms with Crippen LogP contribution in [0.5, 0.6) is 0 Å². The molecule has 1 aliphatic heterocycles. The highest BCUT2D eigenvalue weighted by atomic mass is 16.4. The summed E-state index contributed by atoms with van der Waals surface area (Å²) in [5, 5.41) is 9.41. The Bertz CT molecular complexity index is 560. The third kappa shape index (κ3) is 1.73. The molecule has 1 atom stereocenters. The van der Waals surface area contributed by atoms with Crippen molar-refractivity contribution in [3.8, 4) is 0 Å². The maximum absolute atomic E-state index is 12.8. The molecule has 1 saturated carbocycles. The third-order valence-electron chi connectivity index (χ3n) is 4.64. The Labute approximate surface area is 117 Å². The van der Waals surface area contributed by atoms with Crippen LogP contribution >= 0.6 is 0 Å². The zero-order chi connectivity index (χ0) is 14.3. The Morgan fingerprint density at radius 1 is 1.35 bits per heavy atom. The summed E-state index contributed by atoms with van der Waals surface area (Å²) in [7, 11) is 0. The second-order valence-electron chi connectivity index (χ2n) is 5.70. The van der Waals surface area contributed by atoms with E-state index in [4.69, 9.17) is 5.73 Å². The molecule has 0 spiro atoms. The Kier molecular flexibility index (Phi) is 3.01. The smallest absolute Gasteiger partial charge is 0.327 e. The molecule has 5 heteroatoms. The molecule has 0 aromatic heterocycles. The van der Waals surface area contributed by atoms with Crippen molar-refractivity contribution >= 4 is 17.6 Å². The van der Waals surface area contributed by atoms with Crippen molar-refractivity contribution in [2.24, 2.45) is 11.1 Å². The first-order chi connectivity index (χ1) is 9.59. The molecule has 1 heterocycles. The van der Waals surface area contributed by atoms with Gasteiger partial charge in [-0.3, -0.25) is 9.69 Å². The standard InChI is InChI=1S/C15H18N2O3/c16-9-15(6-3-7-15)14(20)17-11-5-2-1-4-10(11)8-12(17)13(18)19/h1-2,4-5,12H,3,6-9,16H2,(H,18,19). The van der Waals surface area contributed by atoms with Crippen molar-refractivity contribution in [3.05, 3.63) is 29.8 Å². The van der Waals surface area contributed by atoms with Crippen molar-refractivity contribution in [1.29, 1.82) is 0 Å². The van der Waals surface area contributed by atoms with Gasteiger partial charge in [-0.25, -0.2) is 4.79 Å². The Hall–Kier alpha value is -1.88. The average Bonchev–Trinajstić information content (AvgIpc) is 2.77. The lowest BCUT2D eigenvalue weighted by Gasteiger charge is -2.42. The van der Waals surface area contributed by atoms with Crippen LogP contribution in [-0.4, -0.2) is 29.6 Å². The molecule has 1 aromatic rings. The molecule has 1 fully saturated rings. The van der Waals surface area contributed by atoms with E-state index in [2.05, 4.69) is 0 Å². The van der Waals surface area contributed by atoms with Crippen LogP contribution in [0.25, 0.3) is 0 Å². The molecule has 1 unspecified atom stereocenters. The Balaban J connectivity index is 2.00. The number of aliphatic carboxylic acids is 1. The Morgan fingerprint density at radius 3 is 2.60 bits per heavy atom. The lowest BCUT2D eigenvalue weighted by atomic mass is 9.67. The van der Waals surface area contributed by atoms with E-state index in [0.29, 0.717) is 6.42 Å². The number of carboxylic acids is 1.